The molecule has 0 saturated carbocycles. The molecular formula is C21H26N4O2. The van der Waals surface area contributed by atoms with Crippen molar-refractivity contribution in [2.75, 3.05) is 19.6 Å². The lowest BCUT2D eigenvalue weighted by Crippen LogP contribution is -2.43. The highest BCUT2D eigenvalue weighted by Gasteiger charge is 2.36. The van der Waals surface area contributed by atoms with Crippen LogP contribution in [0.15, 0.2) is 30.5 Å². The third kappa shape index (κ3) is 4.50. The van der Waals surface area contributed by atoms with Gasteiger partial charge >= 0.3 is 0 Å². The van der Waals surface area contributed by atoms with Gasteiger partial charge in [0.1, 0.15) is 0 Å². The van der Waals surface area contributed by atoms with E-state index in [0.717, 1.165) is 17.3 Å². The maximum absolute atomic E-state index is 12.7. The lowest BCUT2D eigenvalue weighted by Gasteiger charge is -2.20. The second-order valence-corrected chi connectivity index (χ2v) is 6.73. The quantitative estimate of drug-likeness (QED) is 0.707. The predicted molar refractivity (Wildman–Crippen MR) is 106 cm³/mol. The summed E-state index contributed by atoms with van der Waals surface area (Å²) in [5, 5.41) is 6.97. The molecule has 2 heterocycles. The largest absolute Gasteiger partial charge is 0.361 e. The molecule has 0 unspecified atom stereocenters. The molecule has 3 N–H and O–H groups in total. The van der Waals surface area contributed by atoms with E-state index in [1.54, 1.807) is 0 Å². The van der Waals surface area contributed by atoms with Gasteiger partial charge in [0.25, 0.3) is 5.91 Å². The zero-order valence-electron chi connectivity index (χ0n) is 15.8. The number of H-pyrrole nitrogens is 1. The van der Waals surface area contributed by atoms with E-state index >= 15 is 0 Å². The van der Waals surface area contributed by atoms with Gasteiger partial charge in [-0.2, -0.15) is 0 Å². The first-order chi connectivity index (χ1) is 13.1. The summed E-state index contributed by atoms with van der Waals surface area (Å²) in [4.78, 5) is 30.2. The Hall–Kier alpha value is -2.78. The minimum Gasteiger partial charge on any atom is -0.361 e. The van der Waals surface area contributed by atoms with E-state index in [1.165, 1.54) is 0 Å². The van der Waals surface area contributed by atoms with Crippen molar-refractivity contribution in [1.82, 2.24) is 20.5 Å². The van der Waals surface area contributed by atoms with E-state index in [-0.39, 0.29) is 23.9 Å². The van der Waals surface area contributed by atoms with E-state index in [4.69, 9.17) is 0 Å². The smallest absolute Gasteiger partial charge is 0.251 e. The van der Waals surface area contributed by atoms with Gasteiger partial charge in [-0.1, -0.05) is 12.8 Å². The van der Waals surface area contributed by atoms with Gasteiger partial charge in [0.05, 0.1) is 12.6 Å². The van der Waals surface area contributed by atoms with Crippen molar-refractivity contribution in [1.29, 1.82) is 0 Å². The number of hydrogen-bond donors (Lipinski definition) is 3. The Morgan fingerprint density at radius 3 is 2.89 bits per heavy atom. The maximum Gasteiger partial charge on any atom is 0.251 e. The molecule has 0 bridgehead atoms. The van der Waals surface area contributed by atoms with Gasteiger partial charge in [-0.25, -0.2) is 0 Å². The van der Waals surface area contributed by atoms with Crippen molar-refractivity contribution in [3.05, 3.63) is 36.0 Å². The van der Waals surface area contributed by atoms with Crippen molar-refractivity contribution >= 4 is 22.7 Å². The molecule has 27 heavy (non-hydrogen) atoms. The van der Waals surface area contributed by atoms with Crippen LogP contribution in [-0.2, 0) is 4.79 Å². The topological polar surface area (TPSA) is 77.2 Å². The molecule has 0 radical (unpaired) electrons. The number of likely N-dealkylation sites (N-methyl/N-ethyl adjacent to an activating group) is 1. The van der Waals surface area contributed by atoms with Gasteiger partial charge in [-0.05, 0) is 37.6 Å². The molecule has 0 aliphatic carbocycles. The van der Waals surface area contributed by atoms with Crippen molar-refractivity contribution in [3.63, 3.8) is 0 Å². The third-order valence-electron chi connectivity index (χ3n) is 4.79. The van der Waals surface area contributed by atoms with Crippen LogP contribution in [-0.4, -0.2) is 53.4 Å². The monoisotopic (exact) mass is 366 g/mol. The number of benzene rings is 1. The lowest BCUT2D eigenvalue weighted by atomic mass is 10.1. The van der Waals surface area contributed by atoms with Crippen LogP contribution in [0.3, 0.4) is 0 Å². The molecule has 0 spiro atoms. The molecule has 142 valence electrons. The molecule has 2 aromatic rings. The Morgan fingerprint density at radius 1 is 1.26 bits per heavy atom. The molecular weight excluding hydrogens is 340 g/mol. The standard InChI is InChI=1S/C21H26N4O2/c1-3-5-6-11-25-14-17(13-19(25)21(27)22-4-2)24-20(26)16-7-8-18-15(12-16)9-10-23-18/h7-10,12,17,19,23H,3-4,11,13-14H2,1-2H3,(H,22,27)(H,24,26)/t17-,19-/m0/s1. The summed E-state index contributed by atoms with van der Waals surface area (Å²) in [6.45, 7) is 5.67. The number of amides is 2. The van der Waals surface area contributed by atoms with Crippen LogP contribution < -0.4 is 10.6 Å². The molecule has 1 aromatic carbocycles. The Morgan fingerprint density at radius 2 is 2.11 bits per heavy atom. The molecule has 6 nitrogen and oxygen atoms in total. The molecule has 6 heteroatoms. The Balaban J connectivity index is 1.68. The van der Waals surface area contributed by atoms with Crippen LogP contribution in [0.4, 0.5) is 0 Å². The molecule has 1 aliphatic heterocycles. The number of carbonyl (C=O) groups is 2. The Kier molecular flexibility index (Phi) is 6.15. The van der Waals surface area contributed by atoms with Gasteiger partial charge in [-0.3, -0.25) is 14.5 Å². The zero-order chi connectivity index (χ0) is 19.2. The summed E-state index contributed by atoms with van der Waals surface area (Å²) in [5.41, 5.74) is 1.63. The van der Waals surface area contributed by atoms with E-state index in [9.17, 15) is 9.59 Å². The highest BCUT2D eigenvalue weighted by atomic mass is 16.2. The summed E-state index contributed by atoms with van der Waals surface area (Å²) < 4.78 is 0. The fourth-order valence-corrected chi connectivity index (χ4v) is 3.49. The van der Waals surface area contributed by atoms with Crippen molar-refractivity contribution in [2.45, 2.75) is 38.8 Å². The summed E-state index contributed by atoms with van der Waals surface area (Å²) in [6, 6.07) is 7.21. The SMILES string of the molecule is CCC#CCN1C[C@@H](NC(=O)c2ccc3[nH]ccc3c2)C[C@H]1C(=O)NCC. The molecule has 3 rings (SSSR count). The van der Waals surface area contributed by atoms with Gasteiger partial charge in [0.2, 0.25) is 5.91 Å². The van der Waals surface area contributed by atoms with Crippen molar-refractivity contribution in [3.8, 4) is 11.8 Å². The van der Waals surface area contributed by atoms with E-state index < -0.39 is 0 Å². The second kappa shape index (κ2) is 8.74. The number of rotatable bonds is 5. The van der Waals surface area contributed by atoms with Crippen LogP contribution in [0.1, 0.15) is 37.0 Å². The number of aromatic nitrogens is 1. The van der Waals surface area contributed by atoms with Crippen molar-refractivity contribution in [2.24, 2.45) is 0 Å². The summed E-state index contributed by atoms with van der Waals surface area (Å²) in [6.07, 6.45) is 3.24. The molecule has 1 fully saturated rings. The van der Waals surface area contributed by atoms with E-state index in [1.807, 2.05) is 49.2 Å². The highest BCUT2D eigenvalue weighted by Crippen LogP contribution is 2.19. The summed E-state index contributed by atoms with van der Waals surface area (Å²) >= 11 is 0. The third-order valence-corrected chi connectivity index (χ3v) is 4.79. The molecule has 1 aromatic heterocycles. The molecule has 1 saturated heterocycles. The normalized spacial score (nSPS) is 19.5. The number of aromatic amines is 1. The van der Waals surface area contributed by atoms with Crippen LogP contribution >= 0.6 is 0 Å². The fourth-order valence-electron chi connectivity index (χ4n) is 3.49. The fraction of sp³-hybridized carbons (Fsp3) is 0.429. The number of fused-ring (bicyclic) bond motifs is 1. The predicted octanol–water partition coefficient (Wildman–Crippen LogP) is 1.89. The molecule has 1 aliphatic rings. The highest BCUT2D eigenvalue weighted by molar-refractivity contribution is 5.98. The minimum absolute atomic E-state index is 0.00119. The lowest BCUT2D eigenvalue weighted by molar-refractivity contribution is -0.125. The first kappa shape index (κ1) is 19.0. The molecule has 2 atom stereocenters. The summed E-state index contributed by atoms with van der Waals surface area (Å²) in [7, 11) is 0. The van der Waals surface area contributed by atoms with E-state index in [0.29, 0.717) is 31.6 Å². The first-order valence-electron chi connectivity index (χ1n) is 9.47. The molecule has 2 amide bonds. The minimum atomic E-state index is -0.256. The Bertz CT molecular complexity index is 877. The van der Waals surface area contributed by atoms with Crippen LogP contribution in [0.2, 0.25) is 0 Å². The average molecular weight is 366 g/mol. The van der Waals surface area contributed by atoms with Crippen LogP contribution in [0.25, 0.3) is 10.9 Å². The summed E-state index contributed by atoms with van der Waals surface area (Å²) in [5.74, 6) is 6.04. The van der Waals surface area contributed by atoms with Gasteiger partial charge < -0.3 is 15.6 Å². The number of nitrogens with zero attached hydrogens (tertiary/aromatic N) is 1. The van der Waals surface area contributed by atoms with Crippen LogP contribution in [0, 0.1) is 11.8 Å². The number of likely N-dealkylation sites (tertiary alicyclic amines) is 1. The Labute approximate surface area is 159 Å². The first-order valence-corrected chi connectivity index (χ1v) is 9.47. The zero-order valence-corrected chi connectivity index (χ0v) is 15.8. The van der Waals surface area contributed by atoms with Gasteiger partial charge in [0.15, 0.2) is 0 Å². The maximum atomic E-state index is 12.7. The van der Waals surface area contributed by atoms with Gasteiger partial charge in [-0.15, -0.1) is 5.92 Å². The average Bonchev–Trinajstić information content (AvgIpc) is 3.28. The number of hydrogen-bond acceptors (Lipinski definition) is 3. The van der Waals surface area contributed by atoms with Crippen molar-refractivity contribution < 1.29 is 9.59 Å². The van der Waals surface area contributed by atoms with Gasteiger partial charge in [0, 0.05) is 48.2 Å². The second-order valence-electron chi connectivity index (χ2n) is 6.73. The van der Waals surface area contributed by atoms with Crippen LogP contribution in [0.5, 0.6) is 0 Å². The van der Waals surface area contributed by atoms with E-state index in [2.05, 4.69) is 27.5 Å². The number of nitrogens with one attached hydrogen (secondary N) is 3. The number of carbonyl (C=O) groups excluding carboxylic acids is 2.